The first-order valence-electron chi connectivity index (χ1n) is 6.70. The van der Waals surface area contributed by atoms with Crippen LogP contribution in [-0.4, -0.2) is 27.3 Å². The quantitative estimate of drug-likeness (QED) is 0.477. The Labute approximate surface area is 147 Å². The molecule has 23 heavy (non-hydrogen) atoms. The topological polar surface area (TPSA) is 78.7 Å². The molecule has 0 fully saturated rings. The van der Waals surface area contributed by atoms with Crippen molar-refractivity contribution < 1.29 is 4.79 Å². The number of hydrogen-bond donors (Lipinski definition) is 1. The fraction of sp³-hybridized carbons (Fsp3) is 0.200. The molecular formula is C15H14N4OS3. The molecule has 1 aromatic carbocycles. The molecular weight excluding hydrogens is 348 g/mol. The molecule has 0 bridgehead atoms. The predicted octanol–water partition coefficient (Wildman–Crippen LogP) is 3.92. The summed E-state index contributed by atoms with van der Waals surface area (Å²) in [4.78, 5) is 17.5. The van der Waals surface area contributed by atoms with E-state index in [0.717, 1.165) is 27.7 Å². The molecule has 5 nitrogen and oxygen atoms in total. The van der Waals surface area contributed by atoms with Crippen LogP contribution in [0.25, 0.3) is 6.08 Å². The first-order chi connectivity index (χ1) is 11.2. The average molecular weight is 363 g/mol. The minimum absolute atomic E-state index is 0.0294. The summed E-state index contributed by atoms with van der Waals surface area (Å²) in [6, 6.07) is 9.56. The summed E-state index contributed by atoms with van der Waals surface area (Å²) in [6.07, 6.45) is 3.55. The molecule has 1 N–H and O–H groups in total. The van der Waals surface area contributed by atoms with E-state index in [4.69, 9.17) is 0 Å². The van der Waals surface area contributed by atoms with Gasteiger partial charge in [0.1, 0.15) is 11.6 Å². The molecule has 0 unspecified atom stereocenters. The van der Waals surface area contributed by atoms with E-state index in [1.165, 1.54) is 11.8 Å². The molecule has 2 aromatic rings. The van der Waals surface area contributed by atoms with Crippen molar-refractivity contribution in [1.82, 2.24) is 9.36 Å². The minimum Gasteiger partial charge on any atom is -0.296 e. The summed E-state index contributed by atoms with van der Waals surface area (Å²) in [5.41, 5.74) is 0.829. The Kier molecular flexibility index (Phi) is 6.65. The summed E-state index contributed by atoms with van der Waals surface area (Å²) in [5, 5.41) is 12.8. The highest BCUT2D eigenvalue weighted by molar-refractivity contribution is 7.99. The van der Waals surface area contributed by atoms with Crippen molar-refractivity contribution in [1.29, 1.82) is 5.26 Å². The van der Waals surface area contributed by atoms with Crippen LogP contribution in [0.3, 0.4) is 0 Å². The van der Waals surface area contributed by atoms with Crippen LogP contribution >= 0.6 is 35.1 Å². The lowest BCUT2D eigenvalue weighted by molar-refractivity contribution is -0.112. The van der Waals surface area contributed by atoms with Gasteiger partial charge < -0.3 is 0 Å². The van der Waals surface area contributed by atoms with Crippen LogP contribution in [0.2, 0.25) is 0 Å². The molecule has 1 aromatic heterocycles. The van der Waals surface area contributed by atoms with Crippen LogP contribution < -0.4 is 5.32 Å². The van der Waals surface area contributed by atoms with Crippen molar-refractivity contribution in [2.24, 2.45) is 0 Å². The second kappa shape index (κ2) is 8.72. The zero-order valence-electron chi connectivity index (χ0n) is 12.6. The van der Waals surface area contributed by atoms with Gasteiger partial charge in [0.25, 0.3) is 5.91 Å². The number of anilines is 1. The van der Waals surface area contributed by atoms with E-state index >= 15 is 0 Å². The molecule has 118 valence electrons. The van der Waals surface area contributed by atoms with E-state index in [1.807, 2.05) is 43.5 Å². The Balaban J connectivity index is 2.10. The van der Waals surface area contributed by atoms with Gasteiger partial charge in [0.05, 0.1) is 0 Å². The molecule has 0 saturated carbocycles. The summed E-state index contributed by atoms with van der Waals surface area (Å²) in [5.74, 6) is 0.380. The summed E-state index contributed by atoms with van der Waals surface area (Å²) in [7, 11) is 0. The Hall–Kier alpha value is -1.82. The van der Waals surface area contributed by atoms with Crippen molar-refractivity contribution in [2.75, 3.05) is 17.3 Å². The van der Waals surface area contributed by atoms with E-state index in [1.54, 1.807) is 17.8 Å². The van der Waals surface area contributed by atoms with E-state index in [0.29, 0.717) is 10.3 Å². The monoisotopic (exact) mass is 362 g/mol. The van der Waals surface area contributed by atoms with Gasteiger partial charge in [0.2, 0.25) is 10.3 Å². The molecule has 0 radical (unpaired) electrons. The number of carbonyl (C=O) groups excluding carboxylic acids is 1. The van der Waals surface area contributed by atoms with Gasteiger partial charge in [-0.3, -0.25) is 10.1 Å². The normalized spacial score (nSPS) is 11.1. The van der Waals surface area contributed by atoms with Crippen LogP contribution in [0, 0.1) is 11.3 Å². The number of thioether (sulfide) groups is 2. The molecule has 0 aliphatic carbocycles. The van der Waals surface area contributed by atoms with E-state index < -0.39 is 5.91 Å². The highest BCUT2D eigenvalue weighted by Crippen LogP contribution is 2.20. The van der Waals surface area contributed by atoms with E-state index in [2.05, 4.69) is 14.7 Å². The molecule has 2 rings (SSSR count). The molecule has 0 aliphatic heterocycles. The number of benzene rings is 1. The second-order valence-corrected chi connectivity index (χ2v) is 7.07. The number of rotatable bonds is 6. The van der Waals surface area contributed by atoms with Gasteiger partial charge >= 0.3 is 0 Å². The van der Waals surface area contributed by atoms with Gasteiger partial charge in [-0.15, -0.1) is 11.8 Å². The average Bonchev–Trinajstić information content (AvgIpc) is 3.00. The lowest BCUT2D eigenvalue weighted by Gasteiger charge is -2.01. The molecule has 0 spiro atoms. The van der Waals surface area contributed by atoms with Crippen LogP contribution in [0.1, 0.15) is 12.5 Å². The Bertz CT molecular complexity index is 747. The van der Waals surface area contributed by atoms with Gasteiger partial charge in [0, 0.05) is 16.4 Å². The molecule has 1 heterocycles. The molecule has 1 amide bonds. The van der Waals surface area contributed by atoms with Crippen molar-refractivity contribution >= 4 is 52.2 Å². The molecule has 0 aliphatic rings. The zero-order chi connectivity index (χ0) is 16.7. The van der Waals surface area contributed by atoms with Crippen LogP contribution in [0.4, 0.5) is 5.13 Å². The van der Waals surface area contributed by atoms with Crippen LogP contribution in [0.5, 0.6) is 0 Å². The fourth-order valence-corrected chi connectivity index (χ4v) is 3.30. The van der Waals surface area contributed by atoms with Crippen molar-refractivity contribution in [3.63, 3.8) is 0 Å². The largest absolute Gasteiger partial charge is 0.296 e. The molecule has 0 atom stereocenters. The summed E-state index contributed by atoms with van der Waals surface area (Å²) >= 11 is 4.24. The maximum Gasteiger partial charge on any atom is 0.268 e. The third kappa shape index (κ3) is 5.10. The minimum atomic E-state index is -0.481. The van der Waals surface area contributed by atoms with E-state index in [-0.39, 0.29) is 5.57 Å². The van der Waals surface area contributed by atoms with Gasteiger partial charge in [-0.05, 0) is 35.8 Å². The van der Waals surface area contributed by atoms with Gasteiger partial charge in [-0.2, -0.15) is 14.6 Å². The summed E-state index contributed by atoms with van der Waals surface area (Å²) < 4.78 is 4.12. The Morgan fingerprint density at radius 1 is 1.43 bits per heavy atom. The highest BCUT2D eigenvalue weighted by atomic mass is 32.2. The molecule has 8 heteroatoms. The maximum atomic E-state index is 12.2. The third-order valence-corrected chi connectivity index (χ3v) is 4.91. The first kappa shape index (κ1) is 17.5. The smallest absolute Gasteiger partial charge is 0.268 e. The summed E-state index contributed by atoms with van der Waals surface area (Å²) in [6.45, 7) is 2.00. The lowest BCUT2D eigenvalue weighted by Crippen LogP contribution is -2.13. The predicted molar refractivity (Wildman–Crippen MR) is 96.7 cm³/mol. The fourth-order valence-electron chi connectivity index (χ4n) is 1.63. The number of carbonyl (C=O) groups is 1. The number of aromatic nitrogens is 2. The van der Waals surface area contributed by atoms with Crippen molar-refractivity contribution in [3.8, 4) is 6.07 Å². The molecule has 0 saturated heterocycles. The maximum absolute atomic E-state index is 12.2. The van der Waals surface area contributed by atoms with Crippen molar-refractivity contribution in [3.05, 3.63) is 35.4 Å². The standard InChI is InChI=1S/C15H14N4OS3/c1-3-22-15-18-14(23-19-15)17-13(20)11(9-16)8-10-4-6-12(21-2)7-5-10/h4-8H,3H2,1-2H3,(H,17,18,19,20)/b11-8-. The first-order valence-corrected chi connectivity index (χ1v) is 9.68. The van der Waals surface area contributed by atoms with E-state index in [9.17, 15) is 10.1 Å². The Morgan fingerprint density at radius 3 is 2.78 bits per heavy atom. The van der Waals surface area contributed by atoms with Crippen LogP contribution in [0.15, 0.2) is 39.9 Å². The van der Waals surface area contributed by atoms with Gasteiger partial charge in [-0.1, -0.05) is 30.8 Å². The number of hydrogen-bond acceptors (Lipinski definition) is 7. The zero-order valence-corrected chi connectivity index (χ0v) is 15.0. The van der Waals surface area contributed by atoms with Gasteiger partial charge in [0.15, 0.2) is 0 Å². The van der Waals surface area contributed by atoms with Crippen molar-refractivity contribution in [2.45, 2.75) is 17.0 Å². The second-order valence-electron chi connectivity index (χ2n) is 4.21. The number of amides is 1. The van der Waals surface area contributed by atoms with Crippen LogP contribution in [-0.2, 0) is 4.79 Å². The van der Waals surface area contributed by atoms with Gasteiger partial charge in [-0.25, -0.2) is 0 Å². The number of nitrogens with one attached hydrogen (secondary N) is 1. The number of nitriles is 1. The SMILES string of the molecule is CCSc1nsc(NC(=O)/C(C#N)=C\c2ccc(SC)cc2)n1. The third-order valence-electron chi connectivity index (χ3n) is 2.69. The Morgan fingerprint density at radius 2 is 2.17 bits per heavy atom. The number of nitrogens with zero attached hydrogens (tertiary/aromatic N) is 3. The highest BCUT2D eigenvalue weighted by Gasteiger charge is 2.12. The lowest BCUT2D eigenvalue weighted by atomic mass is 10.1.